The molecule has 0 saturated carbocycles. The average molecular weight is 1120 g/mol. The van der Waals surface area contributed by atoms with Gasteiger partial charge in [0, 0.05) is 50.3 Å². The van der Waals surface area contributed by atoms with Crippen LogP contribution in [0.4, 0.5) is 0 Å². The Hall–Kier alpha value is -5.67. The van der Waals surface area contributed by atoms with Crippen molar-refractivity contribution in [2.24, 2.45) is 0 Å². The highest BCUT2D eigenvalue weighted by Crippen LogP contribution is 2.56. The summed E-state index contributed by atoms with van der Waals surface area (Å²) < 4.78 is 96.1. The minimum atomic E-state index is -4.90. The largest absolute Gasteiger partial charge is 0.497 e. The quantitative estimate of drug-likeness (QED) is 0.0479. The van der Waals surface area contributed by atoms with Crippen LogP contribution in [0.2, 0.25) is 0 Å². The smallest absolute Gasteiger partial charge is 0.475 e. The maximum atomic E-state index is 15.7. The van der Waals surface area contributed by atoms with Crippen LogP contribution in [-0.2, 0) is 62.9 Å². The Balaban J connectivity index is 1.21. The topological polar surface area (TPSA) is 265 Å². The van der Waals surface area contributed by atoms with Gasteiger partial charge in [0.25, 0.3) is 19.6 Å². The van der Waals surface area contributed by atoms with Crippen LogP contribution in [-0.4, -0.2) is 127 Å². The number of nitrogens with zero attached hydrogens (tertiary/aromatic N) is 4. The van der Waals surface area contributed by atoms with E-state index in [1.54, 1.807) is 14.2 Å². The van der Waals surface area contributed by atoms with Gasteiger partial charge < -0.3 is 42.2 Å². The van der Waals surface area contributed by atoms with Crippen molar-refractivity contribution in [1.82, 2.24) is 23.8 Å². The van der Waals surface area contributed by atoms with Crippen LogP contribution in [0.3, 0.4) is 0 Å². The summed E-state index contributed by atoms with van der Waals surface area (Å²) in [6.45, 7) is 6.71. The molecule has 0 amide bonds. The number of rotatable bonds is 21. The highest BCUT2D eigenvalue weighted by atomic mass is 31.2. The van der Waals surface area contributed by atoms with Crippen LogP contribution >= 0.6 is 16.3 Å². The molecule has 8 rings (SSSR count). The summed E-state index contributed by atoms with van der Waals surface area (Å²) >= 11 is 0. The van der Waals surface area contributed by atoms with E-state index < -0.39 is 100 Å². The Morgan fingerprint density at radius 2 is 1.37 bits per heavy atom. The molecule has 3 aromatic carbocycles. The van der Waals surface area contributed by atoms with E-state index in [9.17, 15) is 24.4 Å². The van der Waals surface area contributed by atoms with Gasteiger partial charge in [-0.25, -0.2) is 18.8 Å². The fourth-order valence-corrected chi connectivity index (χ4v) is 13.1. The summed E-state index contributed by atoms with van der Waals surface area (Å²) in [4.78, 5) is 57.5. The summed E-state index contributed by atoms with van der Waals surface area (Å²) in [5, 5.41) is 9.45. The molecule has 0 radical (unpaired) electrons. The van der Waals surface area contributed by atoms with Gasteiger partial charge in [-0.2, -0.15) is 5.26 Å². The number of hydrogen-bond acceptors (Lipinski definition) is 19. The van der Waals surface area contributed by atoms with Gasteiger partial charge in [-0.15, -0.1) is 0 Å². The third kappa shape index (κ3) is 12.7. The molecule has 3 aliphatic rings. The van der Waals surface area contributed by atoms with Crippen LogP contribution in [0, 0.1) is 11.3 Å². The Morgan fingerprint density at radius 3 is 1.96 bits per heavy atom. The first kappa shape index (κ1) is 58.5. The molecule has 0 aliphatic carbocycles. The van der Waals surface area contributed by atoms with Gasteiger partial charge in [0.2, 0.25) is 0 Å². The van der Waals surface area contributed by atoms with Crippen LogP contribution in [0.25, 0.3) is 0 Å². The van der Waals surface area contributed by atoms with E-state index in [1.807, 2.05) is 111 Å². The number of fused-ring (bicyclic) bond motifs is 5. The minimum Gasteiger partial charge on any atom is -0.497 e. The number of aromatic amines is 2. The molecule has 2 aromatic heterocycles. The Morgan fingerprint density at radius 1 is 0.769 bits per heavy atom. The van der Waals surface area contributed by atoms with Gasteiger partial charge in [-0.05, 0) is 81.5 Å². The lowest BCUT2D eigenvalue weighted by Gasteiger charge is -2.38. The van der Waals surface area contributed by atoms with Crippen LogP contribution in [0.15, 0.2) is 117 Å². The normalized spacial score (nSPS) is 25.1. The molecule has 2 saturated heterocycles. The Labute approximate surface area is 451 Å². The lowest BCUT2D eigenvalue weighted by molar-refractivity contribution is -0.0976. The highest BCUT2D eigenvalue weighted by Gasteiger charge is 2.54. The van der Waals surface area contributed by atoms with E-state index in [2.05, 4.69) is 16.0 Å². The lowest BCUT2D eigenvalue weighted by Crippen LogP contribution is -2.43. The van der Waals surface area contributed by atoms with Crippen molar-refractivity contribution in [2.45, 2.75) is 114 Å². The number of nitrogens with one attached hydrogen (secondary N) is 2. The van der Waals surface area contributed by atoms with E-state index in [-0.39, 0.29) is 56.7 Å². The van der Waals surface area contributed by atoms with Gasteiger partial charge in [-0.3, -0.25) is 42.3 Å². The zero-order chi connectivity index (χ0) is 55.7. The molecule has 1 unspecified atom stereocenters. The average Bonchev–Trinajstić information content (AvgIpc) is 3.97. The first-order valence-corrected chi connectivity index (χ1v) is 28.0. The first-order valence-electron chi connectivity index (χ1n) is 25.4. The highest BCUT2D eigenvalue weighted by molar-refractivity contribution is 7.48. The van der Waals surface area contributed by atoms with Crippen molar-refractivity contribution >= 4 is 16.3 Å². The number of phosphoric ester groups is 1. The second-order valence-corrected chi connectivity index (χ2v) is 22.1. The number of hydrogen-bond donors (Lipinski definition) is 2. The number of benzene rings is 3. The summed E-state index contributed by atoms with van der Waals surface area (Å²) in [5.74, 6) is 1.19. The molecule has 5 heterocycles. The minimum absolute atomic E-state index is 0.0292. The lowest BCUT2D eigenvalue weighted by atomic mass is 9.80. The molecule has 2 N–H and O–H groups in total. The fourth-order valence-electron chi connectivity index (χ4n) is 9.94. The summed E-state index contributed by atoms with van der Waals surface area (Å²) in [6, 6.07) is 27.2. The summed E-state index contributed by atoms with van der Waals surface area (Å²) in [6.07, 6.45) is -7.03. The molecule has 420 valence electrons. The van der Waals surface area contributed by atoms with Gasteiger partial charge in [0.1, 0.15) is 53.7 Å². The molecule has 23 nitrogen and oxygen atoms in total. The fraction of sp³-hybridized carbons (Fsp3) is 0.491. The number of aryl methyl sites for hydroxylation is 1. The number of ether oxygens (including phenoxy) is 7. The molecular formula is C53H66N6O17P2. The predicted octanol–water partition coefficient (Wildman–Crippen LogP) is 6.07. The van der Waals surface area contributed by atoms with Crippen molar-refractivity contribution in [3.63, 3.8) is 0 Å². The number of methoxy groups -OCH3 is 4. The van der Waals surface area contributed by atoms with Crippen LogP contribution in [0.5, 0.6) is 11.5 Å². The van der Waals surface area contributed by atoms with Crippen molar-refractivity contribution in [1.29, 1.82) is 5.26 Å². The number of aromatic nitrogens is 4. The zero-order valence-electron chi connectivity index (χ0n) is 44.6. The van der Waals surface area contributed by atoms with E-state index >= 15 is 4.57 Å². The monoisotopic (exact) mass is 1120 g/mol. The van der Waals surface area contributed by atoms with Gasteiger partial charge >= 0.3 is 19.2 Å². The molecule has 4 bridgehead atoms. The molecule has 0 spiro atoms. The second kappa shape index (κ2) is 26.1. The molecule has 10 atom stereocenters. The molecule has 2 fully saturated rings. The standard InChI is InChI=1S/C53H66N6O17P2/c1-33(2)59(34(3)4)77(70-28-13-26-54)75-44-42-32-72-78(64,71-29-12-14-35-30-58(52(63)56-48(35)61)50(74-42)46(44)67-7)76-45-41(73-49(47(45)68-8)57-27-25-43(60)55-51(57)62)31-69-53(36-15-10-9-11-16-36,37-17-21-39(65-5)22-18-37)38-19-23-40(66-6)24-20-38/h9-11,15-25,27,30,33-34,41-42,44-47,49-50H,12-14,28-29,31-32H2,1-8H3,(H,55,60,62)(H,56,61,63)/t41-,42-,44-,45-,46-,47-,49-,50-,77?,78+/m1/s1. The molecule has 78 heavy (non-hydrogen) atoms. The second-order valence-electron chi connectivity index (χ2n) is 19.1. The molecule has 3 aliphatic heterocycles. The summed E-state index contributed by atoms with van der Waals surface area (Å²) in [7, 11) is -0.977. The molecular weight excluding hydrogens is 1050 g/mol. The van der Waals surface area contributed by atoms with Crippen molar-refractivity contribution < 1.29 is 60.3 Å². The van der Waals surface area contributed by atoms with Gasteiger partial charge in [0.15, 0.2) is 12.5 Å². The van der Waals surface area contributed by atoms with E-state index in [1.165, 1.54) is 31.2 Å². The molecule has 5 aromatic rings. The first-order chi connectivity index (χ1) is 37.6. The van der Waals surface area contributed by atoms with Crippen LogP contribution < -0.4 is 32.0 Å². The number of H-pyrrole nitrogens is 2. The van der Waals surface area contributed by atoms with Crippen molar-refractivity contribution in [2.75, 3.05) is 54.9 Å². The molecule has 25 heteroatoms. The van der Waals surface area contributed by atoms with Crippen molar-refractivity contribution in [3.8, 4) is 17.6 Å². The SMILES string of the molecule is COc1ccc(C(OC[C@H]2O[C@@H](n3ccc(=O)[nH]c3=O)[C@H](OC)[C@@H]2O[P@@]2(=O)OCCCc3cn(c(=O)[nH]c3=O)[C@@H]3O[C@H](CO2)[C@@H](OP(OCCC#N)N(C(C)C)C(C)C)[C@H]3OC)(c2ccccc2)c2ccc(OC)cc2)cc1. The van der Waals surface area contributed by atoms with E-state index in [0.29, 0.717) is 28.2 Å². The zero-order valence-corrected chi connectivity index (χ0v) is 46.4. The Kier molecular flexibility index (Phi) is 19.5. The van der Waals surface area contributed by atoms with Crippen LogP contribution in [0.1, 0.15) is 75.2 Å². The number of phosphoric acid groups is 1. The number of nitriles is 1. The van der Waals surface area contributed by atoms with Crippen molar-refractivity contribution in [3.05, 3.63) is 161 Å². The van der Waals surface area contributed by atoms with Gasteiger partial charge in [-0.1, -0.05) is 54.6 Å². The Bertz CT molecular complexity index is 3060. The third-order valence-electron chi connectivity index (χ3n) is 13.6. The van der Waals surface area contributed by atoms with E-state index in [4.69, 9.17) is 55.8 Å². The predicted molar refractivity (Wildman–Crippen MR) is 283 cm³/mol. The summed E-state index contributed by atoms with van der Waals surface area (Å²) in [5.41, 5.74) is -2.06. The van der Waals surface area contributed by atoms with E-state index in [0.717, 1.165) is 10.6 Å². The maximum absolute atomic E-state index is 15.7. The maximum Gasteiger partial charge on any atom is 0.475 e. The third-order valence-corrected chi connectivity index (χ3v) is 17.1. The van der Waals surface area contributed by atoms with Gasteiger partial charge in [0.05, 0.1) is 53.1 Å².